The number of aromatic nitrogens is 1. The van der Waals surface area contributed by atoms with Gasteiger partial charge in [-0.1, -0.05) is 27.7 Å². The summed E-state index contributed by atoms with van der Waals surface area (Å²) in [5.41, 5.74) is 2.37. The third-order valence-electron chi connectivity index (χ3n) is 3.16. The summed E-state index contributed by atoms with van der Waals surface area (Å²) < 4.78 is 5.98. The summed E-state index contributed by atoms with van der Waals surface area (Å²) in [5.74, 6) is 1.41. The van der Waals surface area contributed by atoms with Gasteiger partial charge in [-0.05, 0) is 50.3 Å². The Morgan fingerprint density at radius 1 is 1.20 bits per heavy atom. The highest BCUT2D eigenvalue weighted by molar-refractivity contribution is 5.25. The first-order chi connectivity index (χ1) is 9.55. The zero-order chi connectivity index (χ0) is 15.0. The molecule has 0 aliphatic carbocycles. The van der Waals surface area contributed by atoms with Gasteiger partial charge in [0.2, 0.25) is 5.88 Å². The molecule has 0 radical (unpaired) electrons. The van der Waals surface area contributed by atoms with E-state index in [1.54, 1.807) is 0 Å². The number of nitrogens with zero attached hydrogens (tertiary/aromatic N) is 1. The second-order valence-corrected chi connectivity index (χ2v) is 5.89. The molecule has 1 heterocycles. The zero-order valence-corrected chi connectivity index (χ0v) is 13.7. The SMILES string of the molecule is CCCNCc1cc(CC)nc(OC(C)CC(C)C)c1. The minimum atomic E-state index is 0.214. The van der Waals surface area contributed by atoms with Crippen molar-refractivity contribution in [2.24, 2.45) is 5.92 Å². The van der Waals surface area contributed by atoms with Crippen LogP contribution in [-0.2, 0) is 13.0 Å². The summed E-state index contributed by atoms with van der Waals surface area (Å²) in [7, 11) is 0. The molecule has 0 spiro atoms. The highest BCUT2D eigenvalue weighted by Crippen LogP contribution is 2.17. The van der Waals surface area contributed by atoms with Crippen molar-refractivity contribution in [3.8, 4) is 5.88 Å². The van der Waals surface area contributed by atoms with Crippen LogP contribution in [0.2, 0.25) is 0 Å². The van der Waals surface area contributed by atoms with E-state index in [1.165, 1.54) is 5.56 Å². The second-order valence-electron chi connectivity index (χ2n) is 5.89. The standard InChI is InChI=1S/C17H30N2O/c1-6-8-18-12-15-10-16(7-2)19-17(11-15)20-14(5)9-13(3)4/h10-11,13-14,18H,6-9,12H2,1-5H3. The first-order valence-electron chi connectivity index (χ1n) is 7.92. The first kappa shape index (κ1) is 17.0. The third kappa shape index (κ3) is 6.38. The molecule has 1 N–H and O–H groups in total. The van der Waals surface area contributed by atoms with Crippen molar-refractivity contribution in [2.75, 3.05) is 6.54 Å². The molecule has 3 nitrogen and oxygen atoms in total. The van der Waals surface area contributed by atoms with Gasteiger partial charge >= 0.3 is 0 Å². The zero-order valence-electron chi connectivity index (χ0n) is 13.7. The van der Waals surface area contributed by atoms with E-state index in [0.717, 1.165) is 43.9 Å². The Morgan fingerprint density at radius 3 is 2.55 bits per heavy atom. The Hall–Kier alpha value is -1.09. The Labute approximate surface area is 124 Å². The molecular weight excluding hydrogens is 248 g/mol. The first-order valence-corrected chi connectivity index (χ1v) is 7.92. The number of hydrogen-bond donors (Lipinski definition) is 1. The summed E-state index contributed by atoms with van der Waals surface area (Å²) in [6.07, 6.45) is 3.37. The summed E-state index contributed by atoms with van der Waals surface area (Å²) in [5, 5.41) is 3.43. The van der Waals surface area contributed by atoms with Crippen molar-refractivity contribution >= 4 is 0 Å². The number of pyridine rings is 1. The van der Waals surface area contributed by atoms with Gasteiger partial charge in [0.15, 0.2) is 0 Å². The van der Waals surface area contributed by atoms with E-state index in [-0.39, 0.29) is 6.10 Å². The van der Waals surface area contributed by atoms with E-state index in [4.69, 9.17) is 4.74 Å². The van der Waals surface area contributed by atoms with Gasteiger partial charge in [-0.2, -0.15) is 0 Å². The van der Waals surface area contributed by atoms with Crippen LogP contribution in [0.25, 0.3) is 0 Å². The largest absolute Gasteiger partial charge is 0.475 e. The van der Waals surface area contributed by atoms with E-state index in [1.807, 2.05) is 0 Å². The van der Waals surface area contributed by atoms with Crippen molar-refractivity contribution in [1.29, 1.82) is 0 Å². The normalized spacial score (nSPS) is 12.7. The molecular formula is C17H30N2O. The van der Waals surface area contributed by atoms with Gasteiger partial charge in [-0.3, -0.25) is 0 Å². The molecule has 0 saturated carbocycles. The molecule has 1 rings (SSSR count). The summed E-state index contributed by atoms with van der Waals surface area (Å²) in [4.78, 5) is 4.58. The molecule has 0 aliphatic heterocycles. The smallest absolute Gasteiger partial charge is 0.214 e. The highest BCUT2D eigenvalue weighted by atomic mass is 16.5. The van der Waals surface area contributed by atoms with E-state index in [9.17, 15) is 0 Å². The topological polar surface area (TPSA) is 34.2 Å². The van der Waals surface area contributed by atoms with Crippen LogP contribution in [0.4, 0.5) is 0 Å². The van der Waals surface area contributed by atoms with Gasteiger partial charge in [0.25, 0.3) is 0 Å². The fraction of sp³-hybridized carbons (Fsp3) is 0.706. The lowest BCUT2D eigenvalue weighted by Crippen LogP contribution is -2.17. The van der Waals surface area contributed by atoms with Crippen molar-refractivity contribution in [3.63, 3.8) is 0 Å². The Balaban J connectivity index is 2.71. The van der Waals surface area contributed by atoms with Crippen LogP contribution < -0.4 is 10.1 Å². The Bertz CT molecular complexity index is 391. The minimum Gasteiger partial charge on any atom is -0.475 e. The number of rotatable bonds is 9. The predicted molar refractivity (Wildman–Crippen MR) is 85.2 cm³/mol. The number of ether oxygens (including phenoxy) is 1. The predicted octanol–water partition coefficient (Wildman–Crippen LogP) is 3.96. The molecule has 1 aromatic heterocycles. The van der Waals surface area contributed by atoms with Crippen molar-refractivity contribution in [2.45, 2.75) is 66.5 Å². The van der Waals surface area contributed by atoms with Crippen molar-refractivity contribution in [1.82, 2.24) is 10.3 Å². The number of hydrogen-bond acceptors (Lipinski definition) is 3. The minimum absolute atomic E-state index is 0.214. The highest BCUT2D eigenvalue weighted by Gasteiger charge is 2.09. The molecule has 114 valence electrons. The lowest BCUT2D eigenvalue weighted by atomic mass is 10.1. The van der Waals surface area contributed by atoms with Crippen molar-refractivity contribution in [3.05, 3.63) is 23.4 Å². The maximum Gasteiger partial charge on any atom is 0.214 e. The van der Waals surface area contributed by atoms with Crippen LogP contribution >= 0.6 is 0 Å². The molecule has 1 atom stereocenters. The number of aryl methyl sites for hydroxylation is 1. The maximum atomic E-state index is 5.98. The molecule has 20 heavy (non-hydrogen) atoms. The lowest BCUT2D eigenvalue weighted by Gasteiger charge is -2.17. The third-order valence-corrected chi connectivity index (χ3v) is 3.16. The summed E-state index contributed by atoms with van der Waals surface area (Å²) in [6, 6.07) is 4.24. The Morgan fingerprint density at radius 2 is 1.95 bits per heavy atom. The van der Waals surface area contributed by atoms with Gasteiger partial charge < -0.3 is 10.1 Å². The fourth-order valence-electron chi connectivity index (χ4n) is 2.29. The second kappa shape index (κ2) is 8.96. The summed E-state index contributed by atoms with van der Waals surface area (Å²) in [6.45, 7) is 12.8. The van der Waals surface area contributed by atoms with Gasteiger partial charge in [-0.25, -0.2) is 4.98 Å². The molecule has 1 unspecified atom stereocenters. The quantitative estimate of drug-likeness (QED) is 0.694. The van der Waals surface area contributed by atoms with Crippen LogP contribution in [0.1, 0.15) is 58.7 Å². The fourth-order valence-corrected chi connectivity index (χ4v) is 2.29. The molecule has 0 fully saturated rings. The van der Waals surface area contributed by atoms with E-state index in [2.05, 4.69) is 57.1 Å². The van der Waals surface area contributed by atoms with Crippen LogP contribution in [0, 0.1) is 5.92 Å². The average molecular weight is 278 g/mol. The molecule has 3 heteroatoms. The van der Waals surface area contributed by atoms with Gasteiger partial charge in [0.05, 0.1) is 6.10 Å². The van der Waals surface area contributed by atoms with E-state index < -0.39 is 0 Å². The van der Waals surface area contributed by atoms with Crippen LogP contribution in [0.3, 0.4) is 0 Å². The molecule has 0 bridgehead atoms. The summed E-state index contributed by atoms with van der Waals surface area (Å²) >= 11 is 0. The molecule has 1 aromatic rings. The van der Waals surface area contributed by atoms with Crippen molar-refractivity contribution < 1.29 is 4.74 Å². The average Bonchev–Trinajstić information content (AvgIpc) is 2.37. The van der Waals surface area contributed by atoms with Crippen LogP contribution in [0.5, 0.6) is 5.88 Å². The molecule has 0 amide bonds. The number of nitrogens with one attached hydrogen (secondary N) is 1. The van der Waals surface area contributed by atoms with Gasteiger partial charge in [0, 0.05) is 18.3 Å². The lowest BCUT2D eigenvalue weighted by molar-refractivity contribution is 0.185. The van der Waals surface area contributed by atoms with Gasteiger partial charge in [0.1, 0.15) is 0 Å². The van der Waals surface area contributed by atoms with E-state index >= 15 is 0 Å². The Kier molecular flexibility index (Phi) is 7.60. The maximum absolute atomic E-state index is 5.98. The molecule has 0 saturated heterocycles. The van der Waals surface area contributed by atoms with Crippen LogP contribution in [-0.4, -0.2) is 17.6 Å². The molecule has 0 aliphatic rings. The molecule has 0 aromatic carbocycles. The van der Waals surface area contributed by atoms with E-state index in [0.29, 0.717) is 5.92 Å². The van der Waals surface area contributed by atoms with Gasteiger partial charge in [-0.15, -0.1) is 0 Å². The van der Waals surface area contributed by atoms with Crippen LogP contribution in [0.15, 0.2) is 12.1 Å². The monoisotopic (exact) mass is 278 g/mol.